The molecule has 2 heterocycles. The molecule has 4 unspecified atom stereocenters. The predicted octanol–water partition coefficient (Wildman–Crippen LogP) is -1.63. The van der Waals surface area contributed by atoms with Gasteiger partial charge in [-0.3, -0.25) is 14.3 Å². The monoisotopic (exact) mass is 260 g/mol. The second-order valence-corrected chi connectivity index (χ2v) is 4.06. The highest BCUT2D eigenvalue weighted by Crippen LogP contribution is 2.34. The van der Waals surface area contributed by atoms with E-state index >= 15 is 0 Å². The normalized spacial score (nSPS) is 31.7. The Morgan fingerprint density at radius 2 is 2.11 bits per heavy atom. The second-order valence-electron chi connectivity index (χ2n) is 4.06. The average molecular weight is 260 g/mol. The van der Waals surface area contributed by atoms with E-state index in [-0.39, 0.29) is 0 Å². The van der Waals surface area contributed by atoms with Crippen molar-refractivity contribution in [3.05, 3.63) is 33.1 Å². The van der Waals surface area contributed by atoms with Crippen LogP contribution < -0.4 is 11.2 Å². The smallest absolute Gasteiger partial charge is 0.330 e. The van der Waals surface area contributed by atoms with Crippen molar-refractivity contribution in [3.63, 3.8) is 0 Å². The Hall–Kier alpha value is -1.51. The maximum Gasteiger partial charge on any atom is 0.330 e. The number of nitrogens with one attached hydrogen (secondary N) is 1. The molecule has 1 aromatic rings. The molecular weight excluding hydrogens is 247 g/mol. The van der Waals surface area contributed by atoms with Crippen molar-refractivity contribution in [2.24, 2.45) is 5.92 Å². The van der Waals surface area contributed by atoms with Gasteiger partial charge in [-0.25, -0.2) is 9.18 Å². The largest absolute Gasteiger partial charge is 0.396 e. The third kappa shape index (κ3) is 2.09. The zero-order valence-electron chi connectivity index (χ0n) is 9.32. The number of hydrogen-bond acceptors (Lipinski definition) is 5. The molecule has 3 N–H and O–H groups in total. The fourth-order valence-corrected chi connectivity index (χ4v) is 2.01. The highest BCUT2D eigenvalue weighted by molar-refractivity contribution is 4.92. The molecule has 0 radical (unpaired) electrons. The van der Waals surface area contributed by atoms with Crippen LogP contribution in [0.1, 0.15) is 6.23 Å². The van der Waals surface area contributed by atoms with Gasteiger partial charge in [0.15, 0.2) is 12.4 Å². The van der Waals surface area contributed by atoms with Crippen LogP contribution in [0.15, 0.2) is 21.9 Å². The Morgan fingerprint density at radius 3 is 2.61 bits per heavy atom. The van der Waals surface area contributed by atoms with Gasteiger partial charge in [0.2, 0.25) is 0 Å². The summed E-state index contributed by atoms with van der Waals surface area (Å²) in [5, 5.41) is 18.1. The minimum atomic E-state index is -1.64. The number of H-pyrrole nitrogens is 1. The first-order valence-electron chi connectivity index (χ1n) is 5.41. The lowest BCUT2D eigenvalue weighted by atomic mass is 10.0. The number of alkyl halides is 1. The van der Waals surface area contributed by atoms with Gasteiger partial charge in [0.05, 0.1) is 19.3 Å². The average Bonchev–Trinajstić information content (AvgIpc) is 2.66. The summed E-state index contributed by atoms with van der Waals surface area (Å²) in [7, 11) is 0. The van der Waals surface area contributed by atoms with Gasteiger partial charge < -0.3 is 14.9 Å². The number of aliphatic hydroxyl groups is 2. The molecule has 0 aliphatic carbocycles. The number of rotatable bonds is 3. The van der Waals surface area contributed by atoms with Crippen molar-refractivity contribution < 1.29 is 19.3 Å². The number of aromatic nitrogens is 2. The highest BCUT2D eigenvalue weighted by atomic mass is 19.1. The fraction of sp³-hybridized carbons (Fsp3) is 0.600. The van der Waals surface area contributed by atoms with Crippen LogP contribution in [0, 0.1) is 5.92 Å². The molecule has 1 fully saturated rings. The van der Waals surface area contributed by atoms with Gasteiger partial charge >= 0.3 is 5.69 Å². The van der Waals surface area contributed by atoms with Gasteiger partial charge in [-0.05, 0) is 0 Å². The summed E-state index contributed by atoms with van der Waals surface area (Å²) in [6.45, 7) is -0.957. The number of halogens is 1. The summed E-state index contributed by atoms with van der Waals surface area (Å²) in [5.41, 5.74) is -1.40. The summed E-state index contributed by atoms with van der Waals surface area (Å²) < 4.78 is 20.1. The first-order valence-corrected chi connectivity index (χ1v) is 5.41. The Labute approximate surface area is 100 Å². The van der Waals surface area contributed by atoms with Gasteiger partial charge in [0.25, 0.3) is 5.56 Å². The van der Waals surface area contributed by atoms with Gasteiger partial charge in [-0.2, -0.15) is 0 Å². The topological polar surface area (TPSA) is 105 Å². The Bertz CT molecular complexity index is 527. The molecular formula is C10H13FN2O5. The van der Waals surface area contributed by atoms with Crippen LogP contribution in [-0.2, 0) is 4.74 Å². The minimum Gasteiger partial charge on any atom is -0.396 e. The van der Waals surface area contributed by atoms with Crippen molar-refractivity contribution in [3.8, 4) is 0 Å². The molecule has 0 amide bonds. The Balaban J connectivity index is 2.34. The zero-order valence-corrected chi connectivity index (χ0v) is 9.32. The third-order valence-corrected chi connectivity index (χ3v) is 2.99. The lowest BCUT2D eigenvalue weighted by Gasteiger charge is -2.15. The zero-order chi connectivity index (χ0) is 13.3. The van der Waals surface area contributed by atoms with E-state index in [1.807, 2.05) is 4.98 Å². The van der Waals surface area contributed by atoms with Crippen molar-refractivity contribution >= 4 is 0 Å². The lowest BCUT2D eigenvalue weighted by molar-refractivity contribution is -0.0441. The lowest BCUT2D eigenvalue weighted by Crippen LogP contribution is -2.35. The summed E-state index contributed by atoms with van der Waals surface area (Å²) in [6, 6.07) is 1.07. The van der Waals surface area contributed by atoms with Crippen LogP contribution >= 0.6 is 0 Å². The minimum absolute atomic E-state index is 0.458. The molecule has 4 atom stereocenters. The molecule has 1 aromatic heterocycles. The number of hydrogen-bond donors (Lipinski definition) is 3. The second kappa shape index (κ2) is 5.01. The predicted molar refractivity (Wildman–Crippen MR) is 57.8 cm³/mol. The number of ether oxygens (including phenoxy) is 1. The number of aromatic amines is 1. The van der Waals surface area contributed by atoms with Gasteiger partial charge in [0.1, 0.15) is 0 Å². The van der Waals surface area contributed by atoms with Crippen molar-refractivity contribution in [1.29, 1.82) is 0 Å². The highest BCUT2D eigenvalue weighted by Gasteiger charge is 2.45. The summed E-state index contributed by atoms with van der Waals surface area (Å²) in [4.78, 5) is 24.4. The van der Waals surface area contributed by atoms with Gasteiger partial charge in [-0.15, -0.1) is 0 Å². The molecule has 0 saturated carbocycles. The van der Waals surface area contributed by atoms with Crippen LogP contribution in [0.4, 0.5) is 4.39 Å². The molecule has 8 heteroatoms. The van der Waals surface area contributed by atoms with Crippen LogP contribution in [-0.4, -0.2) is 45.3 Å². The molecule has 18 heavy (non-hydrogen) atoms. The van der Waals surface area contributed by atoms with E-state index in [9.17, 15) is 14.0 Å². The summed E-state index contributed by atoms with van der Waals surface area (Å²) in [6.07, 6.45) is -2.67. The van der Waals surface area contributed by atoms with Crippen molar-refractivity contribution in [2.75, 3.05) is 13.2 Å². The van der Waals surface area contributed by atoms with Crippen LogP contribution in [0.25, 0.3) is 0 Å². The van der Waals surface area contributed by atoms with Crippen LogP contribution in [0.3, 0.4) is 0 Å². The first kappa shape index (κ1) is 12.9. The molecule has 0 bridgehead atoms. The van der Waals surface area contributed by atoms with E-state index < -0.39 is 48.9 Å². The van der Waals surface area contributed by atoms with Crippen molar-refractivity contribution in [2.45, 2.75) is 18.5 Å². The first-order chi connectivity index (χ1) is 8.58. The summed E-state index contributed by atoms with van der Waals surface area (Å²) in [5.74, 6) is -0.904. The van der Waals surface area contributed by atoms with Gasteiger partial charge in [-0.1, -0.05) is 0 Å². The SMILES string of the molecule is O=c1ccn(C2OC(CO)C(CO)C2F)c(=O)[nH]1. The molecule has 7 nitrogen and oxygen atoms in total. The number of nitrogens with zero attached hydrogens (tertiary/aromatic N) is 1. The molecule has 0 aromatic carbocycles. The van der Waals surface area contributed by atoms with Gasteiger partial charge in [0, 0.05) is 18.2 Å². The molecule has 2 rings (SSSR count). The van der Waals surface area contributed by atoms with Crippen LogP contribution in [0.2, 0.25) is 0 Å². The van der Waals surface area contributed by atoms with Crippen molar-refractivity contribution in [1.82, 2.24) is 9.55 Å². The molecule has 1 aliphatic rings. The molecule has 1 aliphatic heterocycles. The Morgan fingerprint density at radius 1 is 1.39 bits per heavy atom. The standard InChI is InChI=1S/C10H13FN2O5/c11-8-5(3-14)6(4-15)18-9(8)13-2-1-7(16)12-10(13)17/h1-2,5-6,8-9,14-15H,3-4H2,(H,12,16,17). The van der Waals surface area contributed by atoms with E-state index in [4.69, 9.17) is 14.9 Å². The van der Waals surface area contributed by atoms with E-state index in [1.54, 1.807) is 0 Å². The molecule has 100 valence electrons. The van der Waals surface area contributed by atoms with E-state index in [2.05, 4.69) is 0 Å². The van der Waals surface area contributed by atoms with Crippen LogP contribution in [0.5, 0.6) is 0 Å². The maximum absolute atomic E-state index is 14.0. The summed E-state index contributed by atoms with van der Waals surface area (Å²) >= 11 is 0. The van der Waals surface area contributed by atoms with E-state index in [1.165, 1.54) is 0 Å². The third-order valence-electron chi connectivity index (χ3n) is 2.99. The maximum atomic E-state index is 14.0. The molecule has 1 saturated heterocycles. The molecule has 0 spiro atoms. The number of aliphatic hydroxyl groups excluding tert-OH is 2. The Kier molecular flexibility index (Phi) is 3.60. The van der Waals surface area contributed by atoms with E-state index in [0.717, 1.165) is 16.8 Å². The quantitative estimate of drug-likeness (QED) is 0.605. The fourth-order valence-electron chi connectivity index (χ4n) is 2.01. The van der Waals surface area contributed by atoms with E-state index in [0.29, 0.717) is 0 Å².